The predicted molar refractivity (Wildman–Crippen MR) is 75.1 cm³/mol. The maximum Gasteiger partial charge on any atom is 0.222 e. The minimum Gasteiger partial charge on any atom is -0.474 e. The van der Waals surface area contributed by atoms with Crippen molar-refractivity contribution in [1.29, 1.82) is 0 Å². The summed E-state index contributed by atoms with van der Waals surface area (Å²) in [6.07, 6.45) is 3.78. The van der Waals surface area contributed by atoms with Gasteiger partial charge in [-0.05, 0) is 25.8 Å². The van der Waals surface area contributed by atoms with Crippen molar-refractivity contribution in [1.82, 2.24) is 14.9 Å². The van der Waals surface area contributed by atoms with Gasteiger partial charge in [-0.1, -0.05) is 13.8 Å². The minimum absolute atomic E-state index is 0.231. The van der Waals surface area contributed by atoms with Gasteiger partial charge in [0.15, 0.2) is 5.82 Å². The SMILES string of the molecule is CC(C)c1c(NN)ncnc1OC1CCN(C)CC1. The van der Waals surface area contributed by atoms with Crippen LogP contribution in [0.4, 0.5) is 5.82 Å². The van der Waals surface area contributed by atoms with E-state index in [2.05, 4.69) is 41.2 Å². The number of hydrogen-bond donors (Lipinski definition) is 2. The molecule has 0 atom stereocenters. The molecule has 1 aliphatic heterocycles. The predicted octanol–water partition coefficient (Wildman–Crippen LogP) is 1.36. The van der Waals surface area contributed by atoms with Gasteiger partial charge in [-0.15, -0.1) is 0 Å². The van der Waals surface area contributed by atoms with E-state index in [0.29, 0.717) is 11.7 Å². The fraction of sp³-hybridized carbons (Fsp3) is 0.692. The third-order valence-corrected chi connectivity index (χ3v) is 3.51. The van der Waals surface area contributed by atoms with Crippen molar-refractivity contribution in [2.24, 2.45) is 5.84 Å². The molecule has 0 radical (unpaired) electrons. The Hall–Kier alpha value is -1.40. The van der Waals surface area contributed by atoms with Gasteiger partial charge in [0.25, 0.3) is 0 Å². The lowest BCUT2D eigenvalue weighted by molar-refractivity contribution is 0.108. The second kappa shape index (κ2) is 6.16. The van der Waals surface area contributed by atoms with Crippen molar-refractivity contribution in [3.63, 3.8) is 0 Å². The highest BCUT2D eigenvalue weighted by atomic mass is 16.5. The first kappa shape index (κ1) is 14.0. The summed E-state index contributed by atoms with van der Waals surface area (Å²) >= 11 is 0. The molecule has 6 heteroatoms. The largest absolute Gasteiger partial charge is 0.474 e. The van der Waals surface area contributed by atoms with Crippen molar-refractivity contribution in [2.45, 2.75) is 38.7 Å². The number of nitrogens with two attached hydrogens (primary N) is 1. The zero-order valence-corrected chi connectivity index (χ0v) is 11.9. The Morgan fingerprint density at radius 2 is 2.05 bits per heavy atom. The summed E-state index contributed by atoms with van der Waals surface area (Å²) in [6.45, 7) is 6.30. The van der Waals surface area contributed by atoms with Crippen molar-refractivity contribution in [2.75, 3.05) is 25.6 Å². The van der Waals surface area contributed by atoms with Crippen LogP contribution in [0.5, 0.6) is 5.88 Å². The van der Waals surface area contributed by atoms with E-state index in [1.165, 1.54) is 6.33 Å². The fourth-order valence-electron chi connectivity index (χ4n) is 2.37. The number of hydrazine groups is 1. The summed E-state index contributed by atoms with van der Waals surface area (Å²) in [7, 11) is 2.14. The molecule has 0 unspecified atom stereocenters. The van der Waals surface area contributed by atoms with Crippen LogP contribution in [0.25, 0.3) is 0 Å². The summed E-state index contributed by atoms with van der Waals surface area (Å²) in [6, 6.07) is 0. The molecule has 0 aliphatic carbocycles. The van der Waals surface area contributed by atoms with Crippen LogP contribution in [0.1, 0.15) is 38.2 Å². The van der Waals surface area contributed by atoms with Crippen LogP contribution in [0.2, 0.25) is 0 Å². The fourth-order valence-corrected chi connectivity index (χ4v) is 2.37. The number of likely N-dealkylation sites (tertiary alicyclic amines) is 1. The first-order valence-corrected chi connectivity index (χ1v) is 6.78. The molecule has 1 saturated heterocycles. The molecule has 2 heterocycles. The van der Waals surface area contributed by atoms with E-state index in [4.69, 9.17) is 10.6 Å². The Morgan fingerprint density at radius 1 is 1.37 bits per heavy atom. The molecular weight excluding hydrogens is 242 g/mol. The molecule has 0 aromatic carbocycles. The molecule has 6 nitrogen and oxygen atoms in total. The topological polar surface area (TPSA) is 76.3 Å². The average molecular weight is 265 g/mol. The normalized spacial score (nSPS) is 17.7. The maximum absolute atomic E-state index is 6.07. The summed E-state index contributed by atoms with van der Waals surface area (Å²) in [5, 5.41) is 0. The number of nitrogens with one attached hydrogen (secondary N) is 1. The lowest BCUT2D eigenvalue weighted by Crippen LogP contribution is -2.36. The summed E-state index contributed by atoms with van der Waals surface area (Å²) in [5.41, 5.74) is 3.57. The van der Waals surface area contributed by atoms with Gasteiger partial charge in [-0.25, -0.2) is 15.8 Å². The van der Waals surface area contributed by atoms with Gasteiger partial charge in [0.1, 0.15) is 12.4 Å². The molecule has 1 aromatic rings. The Morgan fingerprint density at radius 3 is 2.63 bits per heavy atom. The molecule has 0 bridgehead atoms. The molecule has 0 spiro atoms. The lowest BCUT2D eigenvalue weighted by atomic mass is 10.0. The minimum atomic E-state index is 0.231. The van der Waals surface area contributed by atoms with E-state index in [9.17, 15) is 0 Å². The van der Waals surface area contributed by atoms with E-state index >= 15 is 0 Å². The number of hydrogen-bond acceptors (Lipinski definition) is 6. The van der Waals surface area contributed by atoms with Crippen LogP contribution in [-0.2, 0) is 0 Å². The van der Waals surface area contributed by atoms with Gasteiger partial charge in [-0.3, -0.25) is 0 Å². The second-order valence-electron chi connectivity index (χ2n) is 5.36. The van der Waals surface area contributed by atoms with Crippen LogP contribution < -0.4 is 16.0 Å². The van der Waals surface area contributed by atoms with E-state index in [1.807, 2.05) is 0 Å². The molecule has 2 rings (SSSR count). The Kier molecular flexibility index (Phi) is 4.55. The van der Waals surface area contributed by atoms with Crippen LogP contribution in [0.3, 0.4) is 0 Å². The highest BCUT2D eigenvalue weighted by Crippen LogP contribution is 2.31. The number of anilines is 1. The van der Waals surface area contributed by atoms with Crippen LogP contribution in [0, 0.1) is 0 Å². The van der Waals surface area contributed by atoms with Crippen molar-refractivity contribution in [3.8, 4) is 5.88 Å². The average Bonchev–Trinajstić information content (AvgIpc) is 2.40. The lowest BCUT2D eigenvalue weighted by Gasteiger charge is -2.29. The number of rotatable bonds is 4. The van der Waals surface area contributed by atoms with Gasteiger partial charge < -0.3 is 15.1 Å². The maximum atomic E-state index is 6.07. The van der Waals surface area contributed by atoms with Gasteiger partial charge in [0, 0.05) is 13.1 Å². The zero-order valence-electron chi connectivity index (χ0n) is 11.9. The molecular formula is C13H23N5O. The Bertz CT molecular complexity index is 415. The summed E-state index contributed by atoms with van der Waals surface area (Å²) in [5.74, 6) is 7.07. The first-order valence-electron chi connectivity index (χ1n) is 6.78. The second-order valence-corrected chi connectivity index (χ2v) is 5.36. The molecule has 1 aromatic heterocycles. The van der Waals surface area contributed by atoms with E-state index < -0.39 is 0 Å². The van der Waals surface area contributed by atoms with Crippen molar-refractivity contribution < 1.29 is 4.74 Å². The first-order chi connectivity index (χ1) is 9.11. The molecule has 1 aliphatic rings. The van der Waals surface area contributed by atoms with Gasteiger partial charge in [-0.2, -0.15) is 0 Å². The number of nitrogens with zero attached hydrogens (tertiary/aromatic N) is 3. The Balaban J connectivity index is 2.15. The molecule has 19 heavy (non-hydrogen) atoms. The molecule has 1 fully saturated rings. The summed E-state index contributed by atoms with van der Waals surface area (Å²) in [4.78, 5) is 10.7. The third kappa shape index (κ3) is 3.33. The summed E-state index contributed by atoms with van der Waals surface area (Å²) < 4.78 is 6.07. The number of piperidine rings is 1. The van der Waals surface area contributed by atoms with E-state index in [-0.39, 0.29) is 12.0 Å². The Labute approximate surface area is 114 Å². The number of ether oxygens (including phenoxy) is 1. The quantitative estimate of drug-likeness (QED) is 0.632. The van der Waals surface area contributed by atoms with Gasteiger partial charge in [0.2, 0.25) is 5.88 Å². The van der Waals surface area contributed by atoms with Crippen LogP contribution in [0.15, 0.2) is 6.33 Å². The molecule has 106 valence electrons. The molecule has 0 saturated carbocycles. The van der Waals surface area contributed by atoms with E-state index in [1.54, 1.807) is 0 Å². The standard InChI is InChI=1S/C13H23N5O/c1-9(2)11-12(17-14)15-8-16-13(11)19-10-4-6-18(3)7-5-10/h8-10H,4-7,14H2,1-3H3,(H,15,16,17). The number of nitrogen functional groups attached to an aromatic ring is 1. The monoisotopic (exact) mass is 265 g/mol. The zero-order chi connectivity index (χ0) is 13.8. The molecule has 0 amide bonds. The van der Waals surface area contributed by atoms with Gasteiger partial charge in [0.05, 0.1) is 5.56 Å². The van der Waals surface area contributed by atoms with E-state index in [0.717, 1.165) is 31.5 Å². The number of aromatic nitrogens is 2. The highest BCUT2D eigenvalue weighted by molar-refractivity contribution is 5.49. The van der Waals surface area contributed by atoms with Crippen LogP contribution in [-0.4, -0.2) is 41.1 Å². The smallest absolute Gasteiger partial charge is 0.222 e. The van der Waals surface area contributed by atoms with Crippen molar-refractivity contribution in [3.05, 3.63) is 11.9 Å². The third-order valence-electron chi connectivity index (χ3n) is 3.51. The van der Waals surface area contributed by atoms with Crippen molar-refractivity contribution >= 4 is 5.82 Å². The highest BCUT2D eigenvalue weighted by Gasteiger charge is 2.22. The molecule has 3 N–H and O–H groups in total. The van der Waals surface area contributed by atoms with Crippen LogP contribution >= 0.6 is 0 Å². The van der Waals surface area contributed by atoms with Gasteiger partial charge >= 0.3 is 0 Å².